The first kappa shape index (κ1) is 15.4. The predicted molar refractivity (Wildman–Crippen MR) is 55.6 cm³/mol. The molecule has 0 amide bonds. The highest BCUT2D eigenvalue weighted by atomic mass is 79.9. The first-order valence-electron chi connectivity index (χ1n) is 4.26. The number of benzene rings is 1. The van der Waals surface area contributed by atoms with Crippen LogP contribution in [0.4, 0.5) is 26.3 Å². The van der Waals surface area contributed by atoms with Crippen molar-refractivity contribution in [2.75, 3.05) is 6.61 Å². The van der Waals surface area contributed by atoms with Crippen LogP contribution >= 0.6 is 27.5 Å². The number of alkyl halides is 5. The van der Waals surface area contributed by atoms with Gasteiger partial charge in [-0.25, -0.2) is 4.39 Å². The molecule has 0 aliphatic carbocycles. The summed E-state index contributed by atoms with van der Waals surface area (Å²) in [5, 5.41) is -0.417. The Hall–Kier alpha value is -0.630. The number of halogens is 8. The summed E-state index contributed by atoms with van der Waals surface area (Å²) in [5.74, 6) is -6.30. The van der Waals surface area contributed by atoms with Crippen LogP contribution in [0.25, 0.3) is 0 Å². The Morgan fingerprint density at radius 3 is 2.17 bits per heavy atom. The highest BCUT2D eigenvalue weighted by Gasteiger charge is 2.58. The summed E-state index contributed by atoms with van der Waals surface area (Å²) in [6.07, 6.45) is -5.73. The van der Waals surface area contributed by atoms with Gasteiger partial charge in [0.2, 0.25) is 0 Å². The van der Waals surface area contributed by atoms with E-state index in [9.17, 15) is 26.3 Å². The molecule has 0 saturated heterocycles. The minimum absolute atomic E-state index is 0.162. The summed E-state index contributed by atoms with van der Waals surface area (Å²) in [4.78, 5) is 0. The van der Waals surface area contributed by atoms with Gasteiger partial charge in [-0.05, 0) is 28.1 Å². The largest absolute Gasteiger partial charge is 0.484 e. The van der Waals surface area contributed by atoms with Crippen LogP contribution in [0.5, 0.6) is 5.75 Å². The van der Waals surface area contributed by atoms with Crippen molar-refractivity contribution in [3.05, 3.63) is 27.4 Å². The molecule has 0 unspecified atom stereocenters. The maximum absolute atomic E-state index is 12.8. The average Bonchev–Trinajstić information content (AvgIpc) is 2.13. The molecular weight excluding hydrogens is 353 g/mol. The maximum Gasteiger partial charge on any atom is 0.456 e. The van der Waals surface area contributed by atoms with E-state index in [1.54, 1.807) is 0 Å². The van der Waals surface area contributed by atoms with Gasteiger partial charge in [0, 0.05) is 0 Å². The molecule has 102 valence electrons. The minimum Gasteiger partial charge on any atom is -0.484 e. The van der Waals surface area contributed by atoms with Crippen LogP contribution in [0.1, 0.15) is 0 Å². The van der Waals surface area contributed by atoms with Gasteiger partial charge < -0.3 is 4.74 Å². The molecule has 0 saturated carbocycles. The molecule has 0 heterocycles. The predicted octanol–water partition coefficient (Wildman–Crippen LogP) is 4.82. The first-order valence-corrected chi connectivity index (χ1v) is 5.43. The first-order chi connectivity index (χ1) is 8.04. The number of hydrogen-bond acceptors (Lipinski definition) is 1. The second kappa shape index (κ2) is 5.16. The van der Waals surface area contributed by atoms with Gasteiger partial charge in [-0.3, -0.25) is 0 Å². The monoisotopic (exact) mass is 356 g/mol. The highest BCUT2D eigenvalue weighted by molar-refractivity contribution is 9.10. The van der Waals surface area contributed by atoms with Gasteiger partial charge in [-0.1, -0.05) is 11.6 Å². The van der Waals surface area contributed by atoms with Crippen LogP contribution in [0.3, 0.4) is 0 Å². The van der Waals surface area contributed by atoms with Crippen molar-refractivity contribution >= 4 is 27.5 Å². The van der Waals surface area contributed by atoms with Gasteiger partial charge in [-0.2, -0.15) is 22.0 Å². The molecule has 1 nitrogen and oxygen atoms in total. The van der Waals surface area contributed by atoms with E-state index in [2.05, 4.69) is 20.7 Å². The Morgan fingerprint density at radius 1 is 1.17 bits per heavy atom. The van der Waals surface area contributed by atoms with Crippen molar-refractivity contribution in [1.29, 1.82) is 0 Å². The van der Waals surface area contributed by atoms with Gasteiger partial charge in [0.15, 0.2) is 12.4 Å². The molecule has 18 heavy (non-hydrogen) atoms. The molecule has 0 aromatic heterocycles. The molecule has 0 bridgehead atoms. The van der Waals surface area contributed by atoms with Crippen molar-refractivity contribution in [3.63, 3.8) is 0 Å². The van der Waals surface area contributed by atoms with E-state index < -0.39 is 35.3 Å². The third kappa shape index (κ3) is 3.44. The van der Waals surface area contributed by atoms with Crippen LogP contribution < -0.4 is 4.74 Å². The topological polar surface area (TPSA) is 9.23 Å². The van der Waals surface area contributed by atoms with Gasteiger partial charge in [0.25, 0.3) is 0 Å². The normalized spacial score (nSPS) is 12.7. The minimum atomic E-state index is -5.73. The van der Waals surface area contributed by atoms with Crippen LogP contribution in [-0.2, 0) is 0 Å². The van der Waals surface area contributed by atoms with Gasteiger partial charge in [-0.15, -0.1) is 0 Å². The fourth-order valence-corrected chi connectivity index (χ4v) is 1.83. The molecule has 1 aromatic rings. The highest BCUT2D eigenvalue weighted by Crippen LogP contribution is 2.39. The molecule has 9 heteroatoms. The van der Waals surface area contributed by atoms with Crippen LogP contribution in [0.15, 0.2) is 16.6 Å². The van der Waals surface area contributed by atoms with E-state index in [0.29, 0.717) is 0 Å². The van der Waals surface area contributed by atoms with Crippen molar-refractivity contribution < 1.29 is 31.1 Å². The standard InChI is InChI=1S/C9H4BrClF6O/c10-5-1-4(12)2-6(11)7(5)18-3-8(13,14)9(15,16)17/h1-2H,3H2. The Labute approximate surface area is 111 Å². The molecule has 0 atom stereocenters. The quantitative estimate of drug-likeness (QED) is 0.705. The Kier molecular flexibility index (Phi) is 4.42. The maximum atomic E-state index is 12.8. The summed E-state index contributed by atoms with van der Waals surface area (Å²) in [5.41, 5.74) is 0. The molecule has 0 fully saturated rings. The molecule has 0 aliphatic heterocycles. The lowest BCUT2D eigenvalue weighted by Crippen LogP contribution is -2.41. The lowest BCUT2D eigenvalue weighted by atomic mass is 10.3. The van der Waals surface area contributed by atoms with E-state index in [4.69, 9.17) is 11.6 Å². The van der Waals surface area contributed by atoms with Crippen LogP contribution in [0.2, 0.25) is 5.02 Å². The van der Waals surface area contributed by atoms with Crippen LogP contribution in [-0.4, -0.2) is 18.7 Å². The number of hydrogen-bond donors (Lipinski definition) is 0. The molecule has 0 aliphatic rings. The summed E-state index contributed by atoms with van der Waals surface area (Å²) in [6.45, 7) is -1.94. The van der Waals surface area contributed by atoms with Crippen molar-refractivity contribution in [1.82, 2.24) is 0 Å². The average molecular weight is 357 g/mol. The lowest BCUT2D eigenvalue weighted by Gasteiger charge is -2.20. The Morgan fingerprint density at radius 2 is 1.72 bits per heavy atom. The third-order valence-corrected chi connectivity index (χ3v) is 2.65. The number of rotatable bonds is 3. The fourth-order valence-electron chi connectivity index (χ4n) is 0.911. The molecule has 1 aromatic carbocycles. The lowest BCUT2D eigenvalue weighted by molar-refractivity contribution is -0.290. The smallest absolute Gasteiger partial charge is 0.456 e. The van der Waals surface area contributed by atoms with Gasteiger partial charge in [0.05, 0.1) is 9.50 Å². The summed E-state index contributed by atoms with van der Waals surface area (Å²) in [7, 11) is 0. The molecule has 0 radical (unpaired) electrons. The second-order valence-corrected chi connectivity index (χ2v) is 4.45. The Bertz CT molecular complexity index is 424. The summed E-state index contributed by atoms with van der Waals surface area (Å²) in [6, 6.07) is 1.56. The summed E-state index contributed by atoms with van der Waals surface area (Å²) < 4.78 is 77.7. The van der Waals surface area contributed by atoms with E-state index >= 15 is 0 Å². The number of ether oxygens (including phenoxy) is 1. The summed E-state index contributed by atoms with van der Waals surface area (Å²) >= 11 is 8.20. The van der Waals surface area contributed by atoms with Gasteiger partial charge >= 0.3 is 12.1 Å². The van der Waals surface area contributed by atoms with Crippen molar-refractivity contribution in [3.8, 4) is 5.75 Å². The van der Waals surface area contributed by atoms with Crippen molar-refractivity contribution in [2.45, 2.75) is 12.1 Å². The Balaban J connectivity index is 2.88. The van der Waals surface area contributed by atoms with E-state index in [1.165, 1.54) is 0 Å². The third-order valence-electron chi connectivity index (χ3n) is 1.78. The zero-order valence-electron chi connectivity index (χ0n) is 8.29. The zero-order chi connectivity index (χ0) is 14.1. The second-order valence-electron chi connectivity index (χ2n) is 3.19. The molecular formula is C9H4BrClF6O. The fraction of sp³-hybridized carbons (Fsp3) is 0.333. The molecule has 0 N–H and O–H groups in total. The zero-order valence-corrected chi connectivity index (χ0v) is 10.6. The van der Waals surface area contributed by atoms with Crippen LogP contribution in [0, 0.1) is 5.82 Å². The van der Waals surface area contributed by atoms with Gasteiger partial charge in [0.1, 0.15) is 5.82 Å². The van der Waals surface area contributed by atoms with E-state index in [0.717, 1.165) is 12.1 Å². The molecule has 0 spiro atoms. The molecule has 1 rings (SSSR count). The SMILES string of the molecule is Fc1cc(Cl)c(OCC(F)(F)C(F)(F)F)c(Br)c1. The van der Waals surface area contributed by atoms with E-state index in [1.807, 2.05) is 0 Å². The van der Waals surface area contributed by atoms with Crippen molar-refractivity contribution in [2.24, 2.45) is 0 Å². The van der Waals surface area contributed by atoms with E-state index in [-0.39, 0.29) is 4.47 Å².